The van der Waals surface area contributed by atoms with Crippen molar-refractivity contribution in [3.05, 3.63) is 29.1 Å². The molecule has 1 unspecified atom stereocenters. The van der Waals surface area contributed by atoms with Gasteiger partial charge in [-0.3, -0.25) is 4.79 Å². The second kappa shape index (κ2) is 5.30. The Kier molecular flexibility index (Phi) is 3.61. The number of fused-ring (bicyclic) bond motifs is 1. The van der Waals surface area contributed by atoms with Gasteiger partial charge >= 0.3 is 0 Å². The van der Waals surface area contributed by atoms with Crippen LogP contribution in [0.1, 0.15) is 36.8 Å². The third-order valence-electron chi connectivity index (χ3n) is 4.57. The first-order valence-corrected chi connectivity index (χ1v) is 7.52. The third-order valence-corrected chi connectivity index (χ3v) is 4.57. The molecule has 4 nitrogen and oxygen atoms in total. The van der Waals surface area contributed by atoms with Crippen molar-refractivity contribution in [1.82, 2.24) is 5.32 Å². The number of carbonyl (C=O) groups excluding carboxylic acids is 1. The normalized spacial score (nSPS) is 22.1. The van der Waals surface area contributed by atoms with Crippen LogP contribution in [0.15, 0.2) is 12.1 Å². The topological polar surface area (TPSA) is 61.4 Å². The van der Waals surface area contributed by atoms with Crippen LogP contribution in [0.5, 0.6) is 0 Å². The van der Waals surface area contributed by atoms with E-state index < -0.39 is 11.6 Å². The van der Waals surface area contributed by atoms with Crippen molar-refractivity contribution in [1.29, 1.82) is 0 Å². The standard InChI is InChI=1S/C16H21FN2O2/c1-10-7-12(17)11-9-14(19-13(11)8-10)15(20)18-6-5-16(21)3-2-4-16/h7-8,14,19,21H,2-6,9H2,1H3,(H,18,20). The Morgan fingerprint density at radius 3 is 2.95 bits per heavy atom. The highest BCUT2D eigenvalue weighted by atomic mass is 19.1. The van der Waals surface area contributed by atoms with Crippen molar-refractivity contribution >= 4 is 11.6 Å². The van der Waals surface area contributed by atoms with Crippen LogP contribution in [0.25, 0.3) is 0 Å². The minimum atomic E-state index is -0.581. The van der Waals surface area contributed by atoms with Gasteiger partial charge in [0.2, 0.25) is 5.91 Å². The Labute approximate surface area is 123 Å². The highest BCUT2D eigenvalue weighted by Crippen LogP contribution is 2.34. The lowest BCUT2D eigenvalue weighted by Gasteiger charge is -2.36. The van der Waals surface area contributed by atoms with E-state index in [0.29, 0.717) is 30.6 Å². The number of hydrogen-bond acceptors (Lipinski definition) is 3. The summed E-state index contributed by atoms with van der Waals surface area (Å²) in [4.78, 5) is 12.1. The zero-order chi connectivity index (χ0) is 15.0. The molecule has 1 aliphatic heterocycles. The molecular formula is C16H21FN2O2. The number of halogens is 1. The predicted octanol–water partition coefficient (Wildman–Crippen LogP) is 1.89. The van der Waals surface area contributed by atoms with Crippen LogP contribution in [-0.4, -0.2) is 29.2 Å². The highest BCUT2D eigenvalue weighted by molar-refractivity contribution is 5.87. The van der Waals surface area contributed by atoms with E-state index >= 15 is 0 Å². The quantitative estimate of drug-likeness (QED) is 0.794. The Bertz CT molecular complexity index is 570. The van der Waals surface area contributed by atoms with E-state index in [9.17, 15) is 14.3 Å². The van der Waals surface area contributed by atoms with Gasteiger partial charge in [0.15, 0.2) is 0 Å². The van der Waals surface area contributed by atoms with Gasteiger partial charge in [0.05, 0.1) is 5.60 Å². The number of benzene rings is 1. The molecular weight excluding hydrogens is 271 g/mol. The van der Waals surface area contributed by atoms with Crippen LogP contribution in [0.2, 0.25) is 0 Å². The molecule has 2 aliphatic rings. The first kappa shape index (κ1) is 14.3. The highest BCUT2D eigenvalue weighted by Gasteiger charge is 2.34. The molecule has 21 heavy (non-hydrogen) atoms. The van der Waals surface area contributed by atoms with Crippen LogP contribution >= 0.6 is 0 Å². The van der Waals surface area contributed by atoms with E-state index in [1.54, 1.807) is 0 Å². The molecule has 1 heterocycles. The zero-order valence-electron chi connectivity index (χ0n) is 12.2. The maximum absolute atomic E-state index is 13.8. The molecule has 0 radical (unpaired) electrons. The molecule has 1 aromatic carbocycles. The van der Waals surface area contributed by atoms with E-state index in [1.165, 1.54) is 6.07 Å². The molecule has 0 saturated heterocycles. The van der Waals surface area contributed by atoms with Gasteiger partial charge in [-0.05, 0) is 50.3 Å². The lowest BCUT2D eigenvalue weighted by Crippen LogP contribution is -2.43. The van der Waals surface area contributed by atoms with Crippen molar-refractivity contribution in [2.45, 2.75) is 50.7 Å². The van der Waals surface area contributed by atoms with Crippen LogP contribution in [-0.2, 0) is 11.2 Å². The number of nitrogens with one attached hydrogen (secondary N) is 2. The van der Waals surface area contributed by atoms with Crippen LogP contribution in [0, 0.1) is 12.7 Å². The Hall–Kier alpha value is -1.62. The summed E-state index contributed by atoms with van der Waals surface area (Å²) in [7, 11) is 0. The SMILES string of the molecule is Cc1cc(F)c2c(c1)NC(C(=O)NCCC1(O)CCC1)C2. The lowest BCUT2D eigenvalue weighted by molar-refractivity contribution is -0.122. The lowest BCUT2D eigenvalue weighted by atomic mass is 9.78. The smallest absolute Gasteiger partial charge is 0.242 e. The summed E-state index contributed by atoms with van der Waals surface area (Å²) >= 11 is 0. The maximum atomic E-state index is 13.8. The molecule has 3 rings (SSSR count). The van der Waals surface area contributed by atoms with Crippen molar-refractivity contribution < 1.29 is 14.3 Å². The van der Waals surface area contributed by atoms with Gasteiger partial charge in [-0.15, -0.1) is 0 Å². The second-order valence-corrected chi connectivity index (χ2v) is 6.29. The van der Waals surface area contributed by atoms with Crippen molar-refractivity contribution in [2.75, 3.05) is 11.9 Å². The first-order chi connectivity index (χ1) is 9.97. The van der Waals surface area contributed by atoms with Gasteiger partial charge in [0, 0.05) is 24.2 Å². The molecule has 1 amide bonds. The average Bonchev–Trinajstić information content (AvgIpc) is 2.80. The van der Waals surface area contributed by atoms with Gasteiger partial charge in [-0.2, -0.15) is 0 Å². The van der Waals surface area contributed by atoms with Gasteiger partial charge < -0.3 is 15.7 Å². The van der Waals surface area contributed by atoms with E-state index in [4.69, 9.17) is 0 Å². The number of rotatable bonds is 4. The van der Waals surface area contributed by atoms with Crippen molar-refractivity contribution in [3.8, 4) is 0 Å². The Balaban J connectivity index is 1.54. The molecule has 0 aromatic heterocycles. The van der Waals surface area contributed by atoms with E-state index in [0.717, 1.165) is 24.8 Å². The van der Waals surface area contributed by atoms with Gasteiger partial charge in [0.1, 0.15) is 11.9 Å². The number of hydrogen-bond donors (Lipinski definition) is 3. The molecule has 1 saturated carbocycles. The van der Waals surface area contributed by atoms with Gasteiger partial charge in [-0.1, -0.05) is 0 Å². The number of aliphatic hydroxyl groups is 1. The molecule has 0 bridgehead atoms. The number of aryl methyl sites for hydroxylation is 1. The molecule has 1 atom stereocenters. The van der Waals surface area contributed by atoms with Gasteiger partial charge in [0.25, 0.3) is 0 Å². The van der Waals surface area contributed by atoms with Crippen molar-refractivity contribution in [2.24, 2.45) is 0 Å². The largest absolute Gasteiger partial charge is 0.390 e. The summed E-state index contributed by atoms with van der Waals surface area (Å²) in [6, 6.07) is 2.93. The monoisotopic (exact) mass is 292 g/mol. The summed E-state index contributed by atoms with van der Waals surface area (Å²) in [6.07, 6.45) is 3.66. The Morgan fingerprint density at radius 1 is 1.52 bits per heavy atom. The first-order valence-electron chi connectivity index (χ1n) is 7.52. The fourth-order valence-electron chi connectivity index (χ4n) is 3.09. The molecule has 1 aromatic rings. The fourth-order valence-corrected chi connectivity index (χ4v) is 3.09. The number of amides is 1. The van der Waals surface area contributed by atoms with Crippen LogP contribution in [0.4, 0.5) is 10.1 Å². The summed E-state index contributed by atoms with van der Waals surface area (Å²) < 4.78 is 13.8. The van der Waals surface area contributed by atoms with E-state index in [1.807, 2.05) is 13.0 Å². The predicted molar refractivity (Wildman–Crippen MR) is 78.7 cm³/mol. The molecule has 1 aliphatic carbocycles. The van der Waals surface area contributed by atoms with Crippen LogP contribution in [0.3, 0.4) is 0 Å². The average molecular weight is 292 g/mol. The molecule has 0 spiro atoms. The summed E-state index contributed by atoms with van der Waals surface area (Å²) in [6.45, 7) is 2.29. The summed E-state index contributed by atoms with van der Waals surface area (Å²) in [5.74, 6) is -0.386. The summed E-state index contributed by atoms with van der Waals surface area (Å²) in [5.41, 5.74) is 1.55. The Morgan fingerprint density at radius 2 is 2.29 bits per heavy atom. The van der Waals surface area contributed by atoms with Crippen molar-refractivity contribution in [3.63, 3.8) is 0 Å². The molecule has 114 valence electrons. The molecule has 5 heteroatoms. The summed E-state index contributed by atoms with van der Waals surface area (Å²) in [5, 5.41) is 15.9. The van der Waals surface area contributed by atoms with E-state index in [-0.39, 0.29) is 11.7 Å². The maximum Gasteiger partial charge on any atom is 0.242 e. The van der Waals surface area contributed by atoms with Gasteiger partial charge in [-0.25, -0.2) is 4.39 Å². The minimum absolute atomic E-state index is 0.133. The molecule has 3 N–H and O–H groups in total. The second-order valence-electron chi connectivity index (χ2n) is 6.29. The minimum Gasteiger partial charge on any atom is -0.390 e. The zero-order valence-corrected chi connectivity index (χ0v) is 12.2. The van der Waals surface area contributed by atoms with E-state index in [2.05, 4.69) is 10.6 Å². The molecule has 1 fully saturated rings. The fraction of sp³-hybridized carbons (Fsp3) is 0.562. The third kappa shape index (κ3) is 2.88. The number of anilines is 1. The van der Waals surface area contributed by atoms with Crippen LogP contribution < -0.4 is 10.6 Å². The number of carbonyl (C=O) groups is 1.